The van der Waals surface area contributed by atoms with E-state index in [2.05, 4.69) is 29.4 Å². The number of aryl methyl sites for hydroxylation is 2. The van der Waals surface area contributed by atoms with Crippen LogP contribution in [0.4, 0.5) is 10.8 Å². The van der Waals surface area contributed by atoms with Crippen molar-refractivity contribution in [3.05, 3.63) is 94.5 Å². The number of benzene rings is 3. The van der Waals surface area contributed by atoms with Gasteiger partial charge >= 0.3 is 0 Å². The summed E-state index contributed by atoms with van der Waals surface area (Å²) in [6, 6.07) is 21.5. The molecule has 6 heteroatoms. The lowest BCUT2D eigenvalue weighted by Crippen LogP contribution is -2.13. The van der Waals surface area contributed by atoms with Crippen LogP contribution in [0.15, 0.2) is 72.1 Å². The van der Waals surface area contributed by atoms with Gasteiger partial charge in [-0.15, -0.1) is 11.3 Å². The Kier molecular flexibility index (Phi) is 6.52. The molecule has 32 heavy (non-hydrogen) atoms. The number of nitrogens with zero attached hydrogens (tertiary/aromatic N) is 1. The SMILES string of the molecule is Cc1ccc(-c2ccc(C)cc2C(=O)Nc2ccc(OCCc3csc(N)n3)cc2)cc1. The molecule has 5 nitrogen and oxygen atoms in total. The van der Waals surface area contributed by atoms with Crippen LogP contribution in [0, 0.1) is 13.8 Å². The molecule has 1 heterocycles. The highest BCUT2D eigenvalue weighted by molar-refractivity contribution is 7.13. The number of rotatable bonds is 7. The summed E-state index contributed by atoms with van der Waals surface area (Å²) in [4.78, 5) is 17.3. The second kappa shape index (κ2) is 9.66. The minimum atomic E-state index is -0.140. The Hall–Kier alpha value is -3.64. The monoisotopic (exact) mass is 443 g/mol. The minimum Gasteiger partial charge on any atom is -0.493 e. The first kappa shape index (κ1) is 21.6. The molecule has 0 fully saturated rings. The average molecular weight is 444 g/mol. The van der Waals surface area contributed by atoms with Gasteiger partial charge in [0.1, 0.15) is 5.75 Å². The maximum Gasteiger partial charge on any atom is 0.256 e. The molecule has 1 amide bonds. The Morgan fingerprint density at radius 1 is 1.00 bits per heavy atom. The highest BCUT2D eigenvalue weighted by atomic mass is 32.1. The van der Waals surface area contributed by atoms with Crippen molar-refractivity contribution in [2.45, 2.75) is 20.3 Å². The summed E-state index contributed by atoms with van der Waals surface area (Å²) in [7, 11) is 0. The summed E-state index contributed by atoms with van der Waals surface area (Å²) in [6.07, 6.45) is 0.696. The van der Waals surface area contributed by atoms with Gasteiger partial charge in [0.2, 0.25) is 0 Å². The number of amides is 1. The van der Waals surface area contributed by atoms with Gasteiger partial charge in [-0.05, 0) is 55.3 Å². The molecule has 0 aliphatic rings. The predicted molar refractivity (Wildman–Crippen MR) is 131 cm³/mol. The van der Waals surface area contributed by atoms with Gasteiger partial charge in [-0.3, -0.25) is 4.79 Å². The molecule has 0 saturated heterocycles. The Morgan fingerprint density at radius 3 is 2.41 bits per heavy atom. The van der Waals surface area contributed by atoms with E-state index in [0.29, 0.717) is 29.4 Å². The molecule has 3 aromatic carbocycles. The molecule has 4 aromatic rings. The van der Waals surface area contributed by atoms with Gasteiger partial charge in [-0.2, -0.15) is 0 Å². The molecule has 0 aliphatic heterocycles. The number of aromatic nitrogens is 1. The topological polar surface area (TPSA) is 77.2 Å². The van der Waals surface area contributed by atoms with Crippen molar-refractivity contribution >= 4 is 28.1 Å². The van der Waals surface area contributed by atoms with E-state index in [4.69, 9.17) is 10.5 Å². The fourth-order valence-electron chi connectivity index (χ4n) is 3.37. The van der Waals surface area contributed by atoms with E-state index in [1.807, 2.05) is 66.9 Å². The van der Waals surface area contributed by atoms with Crippen molar-refractivity contribution in [3.63, 3.8) is 0 Å². The Labute approximate surface area is 191 Å². The molecule has 162 valence electrons. The maximum absolute atomic E-state index is 13.1. The largest absolute Gasteiger partial charge is 0.493 e. The van der Waals surface area contributed by atoms with Gasteiger partial charge in [-0.1, -0.05) is 47.5 Å². The zero-order valence-corrected chi connectivity index (χ0v) is 18.9. The van der Waals surface area contributed by atoms with E-state index in [0.717, 1.165) is 28.1 Å². The van der Waals surface area contributed by atoms with E-state index in [1.54, 1.807) is 0 Å². The second-order valence-electron chi connectivity index (χ2n) is 7.67. The Morgan fingerprint density at radius 2 is 1.72 bits per heavy atom. The molecule has 0 aliphatic carbocycles. The van der Waals surface area contributed by atoms with Crippen LogP contribution in [0.2, 0.25) is 0 Å². The quantitative estimate of drug-likeness (QED) is 0.374. The molecule has 4 rings (SSSR count). The molecule has 3 N–H and O–H groups in total. The summed E-state index contributed by atoms with van der Waals surface area (Å²) in [5.74, 6) is 0.598. The summed E-state index contributed by atoms with van der Waals surface area (Å²) >= 11 is 1.43. The van der Waals surface area contributed by atoms with Crippen LogP contribution in [-0.2, 0) is 6.42 Å². The lowest BCUT2D eigenvalue weighted by Gasteiger charge is -2.12. The van der Waals surface area contributed by atoms with Crippen LogP contribution in [0.5, 0.6) is 5.75 Å². The Bertz CT molecular complexity index is 1210. The Balaban J connectivity index is 1.42. The number of nitrogens with one attached hydrogen (secondary N) is 1. The van der Waals surface area contributed by atoms with E-state index in [-0.39, 0.29) is 5.91 Å². The summed E-state index contributed by atoms with van der Waals surface area (Å²) < 4.78 is 5.78. The first-order valence-electron chi connectivity index (χ1n) is 10.4. The van der Waals surface area contributed by atoms with Crippen LogP contribution in [0.3, 0.4) is 0 Å². The van der Waals surface area contributed by atoms with Crippen molar-refractivity contribution in [2.75, 3.05) is 17.7 Å². The number of nitrogen functional groups attached to an aromatic ring is 1. The van der Waals surface area contributed by atoms with E-state index in [9.17, 15) is 4.79 Å². The molecule has 1 aromatic heterocycles. The first-order valence-corrected chi connectivity index (χ1v) is 11.3. The van der Waals surface area contributed by atoms with Crippen LogP contribution in [-0.4, -0.2) is 17.5 Å². The van der Waals surface area contributed by atoms with Gasteiger partial charge < -0.3 is 15.8 Å². The number of nitrogens with two attached hydrogens (primary N) is 1. The molecule has 0 saturated carbocycles. The number of ether oxygens (including phenoxy) is 1. The van der Waals surface area contributed by atoms with Gasteiger partial charge in [0.05, 0.1) is 12.3 Å². The molecular weight excluding hydrogens is 418 g/mol. The average Bonchev–Trinajstić information content (AvgIpc) is 3.20. The fraction of sp³-hybridized carbons (Fsp3) is 0.154. The number of anilines is 2. The molecule has 0 unspecified atom stereocenters. The third-order valence-electron chi connectivity index (χ3n) is 5.09. The van der Waals surface area contributed by atoms with E-state index >= 15 is 0 Å². The number of carbonyl (C=O) groups excluding carboxylic acids is 1. The van der Waals surface area contributed by atoms with Gasteiger partial charge in [0.25, 0.3) is 5.91 Å². The normalized spacial score (nSPS) is 10.7. The standard InChI is InChI=1S/C26H25N3O2S/c1-17-3-6-19(7-4-17)23-12-5-18(2)15-24(23)25(30)28-20-8-10-22(11-9-20)31-14-13-21-16-32-26(27)29-21/h3-12,15-16H,13-14H2,1-2H3,(H2,27,29)(H,28,30). The number of hydrogen-bond acceptors (Lipinski definition) is 5. The summed E-state index contributed by atoms with van der Waals surface area (Å²) in [5, 5.41) is 5.51. The van der Waals surface area contributed by atoms with E-state index in [1.165, 1.54) is 16.9 Å². The van der Waals surface area contributed by atoms with Gasteiger partial charge in [0, 0.05) is 23.1 Å². The van der Waals surface area contributed by atoms with Crippen molar-refractivity contribution in [3.8, 4) is 16.9 Å². The van der Waals surface area contributed by atoms with Crippen LogP contribution in [0.1, 0.15) is 27.2 Å². The third-order valence-corrected chi connectivity index (χ3v) is 5.81. The second-order valence-corrected chi connectivity index (χ2v) is 8.56. The van der Waals surface area contributed by atoms with E-state index < -0.39 is 0 Å². The highest BCUT2D eigenvalue weighted by Gasteiger charge is 2.14. The lowest BCUT2D eigenvalue weighted by molar-refractivity contribution is 0.102. The van der Waals surface area contributed by atoms with Crippen molar-refractivity contribution in [2.24, 2.45) is 0 Å². The minimum absolute atomic E-state index is 0.140. The molecule has 0 spiro atoms. The molecule has 0 radical (unpaired) electrons. The van der Waals surface area contributed by atoms with Crippen LogP contribution < -0.4 is 15.8 Å². The van der Waals surface area contributed by atoms with Crippen LogP contribution >= 0.6 is 11.3 Å². The van der Waals surface area contributed by atoms with Gasteiger partial charge in [0.15, 0.2) is 5.13 Å². The number of thiazole rings is 1. The maximum atomic E-state index is 13.1. The summed E-state index contributed by atoms with van der Waals surface area (Å²) in [6.45, 7) is 4.55. The predicted octanol–water partition coefficient (Wildman–Crippen LogP) is 5.88. The van der Waals surface area contributed by atoms with Crippen molar-refractivity contribution in [1.82, 2.24) is 4.98 Å². The van der Waals surface area contributed by atoms with Crippen molar-refractivity contribution < 1.29 is 9.53 Å². The molecule has 0 atom stereocenters. The van der Waals surface area contributed by atoms with Crippen LogP contribution in [0.25, 0.3) is 11.1 Å². The van der Waals surface area contributed by atoms with Gasteiger partial charge in [-0.25, -0.2) is 4.98 Å². The number of hydrogen-bond donors (Lipinski definition) is 2. The smallest absolute Gasteiger partial charge is 0.256 e. The van der Waals surface area contributed by atoms with Crippen molar-refractivity contribution in [1.29, 1.82) is 0 Å². The summed E-state index contributed by atoms with van der Waals surface area (Å²) in [5.41, 5.74) is 12.1. The highest BCUT2D eigenvalue weighted by Crippen LogP contribution is 2.26. The lowest BCUT2D eigenvalue weighted by atomic mass is 9.96. The zero-order valence-electron chi connectivity index (χ0n) is 18.1. The fourth-order valence-corrected chi connectivity index (χ4v) is 3.97. The third kappa shape index (κ3) is 5.34. The molecular formula is C26H25N3O2S. The zero-order chi connectivity index (χ0) is 22.5. The molecule has 0 bridgehead atoms. The number of carbonyl (C=O) groups is 1. The first-order chi connectivity index (χ1) is 15.5.